The fourth-order valence-corrected chi connectivity index (χ4v) is 3.05. The van der Waals surface area contributed by atoms with Crippen molar-refractivity contribution < 1.29 is 24.5 Å². The van der Waals surface area contributed by atoms with E-state index in [9.17, 15) is 15.0 Å². The molecule has 28 heavy (non-hydrogen) atoms. The maximum atomic E-state index is 12.4. The van der Waals surface area contributed by atoms with Crippen LogP contribution in [0.5, 0.6) is 23.0 Å². The number of phenols is 2. The SMILES string of the molecule is Cc1cc(O)cc(O)c1C=NNC(=O)C1COc2cc3ccccc3cc2O1. The zero-order chi connectivity index (χ0) is 19.7. The van der Waals surface area contributed by atoms with Gasteiger partial charge >= 0.3 is 0 Å². The maximum Gasteiger partial charge on any atom is 0.284 e. The molecule has 0 aliphatic carbocycles. The van der Waals surface area contributed by atoms with Crippen molar-refractivity contribution >= 4 is 22.9 Å². The summed E-state index contributed by atoms with van der Waals surface area (Å²) >= 11 is 0. The Morgan fingerprint density at radius 2 is 1.86 bits per heavy atom. The quantitative estimate of drug-likeness (QED) is 0.481. The Morgan fingerprint density at radius 1 is 1.14 bits per heavy atom. The first-order chi connectivity index (χ1) is 13.5. The highest BCUT2D eigenvalue weighted by Crippen LogP contribution is 2.35. The lowest BCUT2D eigenvalue weighted by molar-refractivity contribution is -0.130. The zero-order valence-electron chi connectivity index (χ0n) is 15.0. The van der Waals surface area contributed by atoms with Crippen molar-refractivity contribution in [2.75, 3.05) is 6.61 Å². The van der Waals surface area contributed by atoms with E-state index in [-0.39, 0.29) is 18.1 Å². The van der Waals surface area contributed by atoms with Crippen molar-refractivity contribution in [2.24, 2.45) is 5.10 Å². The van der Waals surface area contributed by atoms with Gasteiger partial charge in [-0.05, 0) is 41.5 Å². The monoisotopic (exact) mass is 378 g/mol. The van der Waals surface area contributed by atoms with Crippen molar-refractivity contribution in [3.63, 3.8) is 0 Å². The summed E-state index contributed by atoms with van der Waals surface area (Å²) in [5.74, 6) is 0.451. The molecule has 4 rings (SSSR count). The number of nitrogens with zero attached hydrogens (tertiary/aromatic N) is 1. The van der Waals surface area contributed by atoms with Gasteiger partial charge in [-0.2, -0.15) is 5.10 Å². The predicted molar refractivity (Wildman–Crippen MR) is 104 cm³/mol. The molecule has 3 N–H and O–H groups in total. The summed E-state index contributed by atoms with van der Waals surface area (Å²) in [5.41, 5.74) is 3.41. The molecule has 0 saturated carbocycles. The van der Waals surface area contributed by atoms with Crippen molar-refractivity contribution in [3.8, 4) is 23.0 Å². The predicted octanol–water partition coefficient (Wildman–Crippen LogP) is 2.85. The minimum absolute atomic E-state index is 0.0462. The second kappa shape index (κ2) is 7.11. The molecule has 1 amide bonds. The molecule has 1 aliphatic rings. The Balaban J connectivity index is 1.46. The average molecular weight is 378 g/mol. The van der Waals surface area contributed by atoms with Crippen LogP contribution in [-0.2, 0) is 4.79 Å². The Labute approximate surface area is 160 Å². The highest BCUT2D eigenvalue weighted by molar-refractivity contribution is 5.89. The molecule has 3 aromatic carbocycles. The lowest BCUT2D eigenvalue weighted by atomic mass is 10.1. The van der Waals surface area contributed by atoms with E-state index in [2.05, 4.69) is 10.5 Å². The Morgan fingerprint density at radius 3 is 2.57 bits per heavy atom. The van der Waals surface area contributed by atoms with E-state index in [1.54, 1.807) is 6.92 Å². The van der Waals surface area contributed by atoms with Crippen LogP contribution in [-0.4, -0.2) is 35.0 Å². The molecule has 1 unspecified atom stereocenters. The van der Waals surface area contributed by atoms with Gasteiger partial charge in [-0.1, -0.05) is 24.3 Å². The highest BCUT2D eigenvalue weighted by atomic mass is 16.6. The third kappa shape index (κ3) is 3.42. The van der Waals surface area contributed by atoms with Crippen LogP contribution < -0.4 is 14.9 Å². The number of benzene rings is 3. The molecule has 7 nitrogen and oxygen atoms in total. The van der Waals surface area contributed by atoms with E-state index >= 15 is 0 Å². The number of carbonyl (C=O) groups is 1. The summed E-state index contributed by atoms with van der Waals surface area (Å²) < 4.78 is 11.5. The van der Waals surface area contributed by atoms with Crippen LogP contribution in [0.4, 0.5) is 0 Å². The van der Waals surface area contributed by atoms with Gasteiger partial charge in [0, 0.05) is 11.6 Å². The maximum absolute atomic E-state index is 12.4. The summed E-state index contributed by atoms with van der Waals surface area (Å²) in [7, 11) is 0. The summed E-state index contributed by atoms with van der Waals surface area (Å²) in [6.07, 6.45) is 0.466. The summed E-state index contributed by atoms with van der Waals surface area (Å²) in [6, 6.07) is 14.2. The third-order valence-electron chi connectivity index (χ3n) is 4.48. The second-order valence-electron chi connectivity index (χ2n) is 6.49. The number of hydrogen-bond donors (Lipinski definition) is 3. The van der Waals surface area contributed by atoms with Crippen LogP contribution in [0.3, 0.4) is 0 Å². The fourth-order valence-electron chi connectivity index (χ4n) is 3.05. The van der Waals surface area contributed by atoms with E-state index in [0.29, 0.717) is 22.6 Å². The number of aryl methyl sites for hydroxylation is 1. The largest absolute Gasteiger partial charge is 0.508 e. The van der Waals surface area contributed by atoms with E-state index < -0.39 is 12.0 Å². The number of fused-ring (bicyclic) bond motifs is 2. The molecule has 142 valence electrons. The Hall–Kier alpha value is -3.74. The molecule has 0 radical (unpaired) electrons. The van der Waals surface area contributed by atoms with E-state index in [1.165, 1.54) is 18.3 Å². The molecular formula is C21H18N2O5. The molecule has 3 aromatic rings. The van der Waals surface area contributed by atoms with E-state index in [4.69, 9.17) is 9.47 Å². The number of nitrogens with one attached hydrogen (secondary N) is 1. The van der Waals surface area contributed by atoms with Gasteiger partial charge in [0.1, 0.15) is 18.1 Å². The fraction of sp³-hybridized carbons (Fsp3) is 0.143. The van der Waals surface area contributed by atoms with Crippen molar-refractivity contribution in [1.82, 2.24) is 5.43 Å². The molecule has 7 heteroatoms. The number of hydrazone groups is 1. The van der Waals surface area contributed by atoms with Gasteiger partial charge in [-0.3, -0.25) is 4.79 Å². The van der Waals surface area contributed by atoms with Gasteiger partial charge in [0.2, 0.25) is 6.10 Å². The minimum Gasteiger partial charge on any atom is -0.508 e. The van der Waals surface area contributed by atoms with E-state index in [0.717, 1.165) is 10.8 Å². The number of ether oxygens (including phenoxy) is 2. The molecule has 0 aromatic heterocycles. The van der Waals surface area contributed by atoms with Gasteiger partial charge in [0.05, 0.1) is 6.21 Å². The highest BCUT2D eigenvalue weighted by Gasteiger charge is 2.27. The number of hydrogen-bond acceptors (Lipinski definition) is 6. The number of phenolic OH excluding ortho intramolecular Hbond substituents is 2. The second-order valence-corrected chi connectivity index (χ2v) is 6.49. The zero-order valence-corrected chi connectivity index (χ0v) is 15.0. The molecule has 1 atom stereocenters. The standard InChI is InChI=1S/C21H18N2O5/c1-12-6-15(24)9-17(25)16(12)10-22-23-21(26)20-11-27-18-7-13-4-2-3-5-14(13)8-19(18)28-20/h2-10,20,24-25H,11H2,1H3,(H,23,26). The molecule has 1 heterocycles. The van der Waals surface area contributed by atoms with Gasteiger partial charge in [0.15, 0.2) is 11.5 Å². The molecule has 0 saturated heterocycles. The first kappa shape index (κ1) is 17.7. The third-order valence-corrected chi connectivity index (χ3v) is 4.48. The van der Waals surface area contributed by atoms with Gasteiger partial charge < -0.3 is 19.7 Å². The first-order valence-electron chi connectivity index (χ1n) is 8.69. The lowest BCUT2D eigenvalue weighted by Crippen LogP contribution is -2.42. The van der Waals surface area contributed by atoms with Crippen LogP contribution in [0.1, 0.15) is 11.1 Å². The molecular weight excluding hydrogens is 360 g/mol. The number of carbonyl (C=O) groups excluding carboxylic acids is 1. The number of aromatic hydroxyl groups is 2. The Kier molecular flexibility index (Phi) is 4.49. The smallest absolute Gasteiger partial charge is 0.284 e. The Bertz CT molecular complexity index is 1070. The number of rotatable bonds is 3. The van der Waals surface area contributed by atoms with Crippen molar-refractivity contribution in [1.29, 1.82) is 0 Å². The van der Waals surface area contributed by atoms with Crippen LogP contribution >= 0.6 is 0 Å². The average Bonchev–Trinajstić information content (AvgIpc) is 2.67. The van der Waals surface area contributed by atoms with Crippen LogP contribution in [0.15, 0.2) is 53.6 Å². The molecule has 0 bridgehead atoms. The van der Waals surface area contributed by atoms with Crippen molar-refractivity contribution in [3.05, 3.63) is 59.7 Å². The van der Waals surface area contributed by atoms with Crippen LogP contribution in [0.2, 0.25) is 0 Å². The lowest BCUT2D eigenvalue weighted by Gasteiger charge is -2.25. The van der Waals surface area contributed by atoms with Gasteiger partial charge in [-0.15, -0.1) is 0 Å². The summed E-state index contributed by atoms with van der Waals surface area (Å²) in [5, 5.41) is 25.2. The molecule has 0 fully saturated rings. The topological polar surface area (TPSA) is 100 Å². The molecule has 0 spiro atoms. The summed E-state index contributed by atoms with van der Waals surface area (Å²) in [6.45, 7) is 1.78. The van der Waals surface area contributed by atoms with E-state index in [1.807, 2.05) is 36.4 Å². The summed E-state index contributed by atoms with van der Waals surface area (Å²) in [4.78, 5) is 12.4. The minimum atomic E-state index is -0.847. The van der Waals surface area contributed by atoms with Crippen LogP contribution in [0, 0.1) is 6.92 Å². The van der Waals surface area contributed by atoms with Crippen molar-refractivity contribution in [2.45, 2.75) is 13.0 Å². The van der Waals surface area contributed by atoms with Gasteiger partial charge in [0.25, 0.3) is 5.91 Å². The normalized spacial score (nSPS) is 15.7. The number of amides is 1. The first-order valence-corrected chi connectivity index (χ1v) is 8.69. The molecule has 1 aliphatic heterocycles. The van der Waals surface area contributed by atoms with Crippen LogP contribution in [0.25, 0.3) is 10.8 Å². The van der Waals surface area contributed by atoms with Gasteiger partial charge in [-0.25, -0.2) is 5.43 Å².